The first kappa shape index (κ1) is 22.1. The van der Waals surface area contributed by atoms with Crippen LogP contribution in [0.4, 0.5) is 11.8 Å². The smallest absolute Gasteiger partial charge is 0.225 e. The maximum atomic E-state index is 12.7. The average molecular weight is 432 g/mol. The lowest BCUT2D eigenvalue weighted by Crippen LogP contribution is -2.36. The lowest BCUT2D eigenvalue weighted by molar-refractivity contribution is -0.126. The fourth-order valence-electron chi connectivity index (χ4n) is 4.65. The first-order valence-electron chi connectivity index (χ1n) is 11.4. The lowest BCUT2D eigenvalue weighted by Gasteiger charge is -2.28. The van der Waals surface area contributed by atoms with E-state index >= 15 is 0 Å². The fourth-order valence-corrected chi connectivity index (χ4v) is 4.65. The molecule has 1 saturated carbocycles. The number of fused-ring (bicyclic) bond motifs is 1. The number of hydrogen-bond acceptors (Lipinski definition) is 5. The molecule has 0 saturated heterocycles. The Kier molecular flexibility index (Phi) is 6.58. The van der Waals surface area contributed by atoms with Gasteiger partial charge >= 0.3 is 0 Å². The molecule has 0 bridgehead atoms. The fraction of sp³-hybridized carbons (Fsp3) is 0.423. The summed E-state index contributed by atoms with van der Waals surface area (Å²) in [5.74, 6) is 1.82. The Morgan fingerprint density at radius 3 is 2.38 bits per heavy atom. The third-order valence-corrected chi connectivity index (χ3v) is 6.19. The van der Waals surface area contributed by atoms with Gasteiger partial charge in [0, 0.05) is 38.0 Å². The number of nitrogens with zero attached hydrogens (tertiary/aromatic N) is 3. The Labute approximate surface area is 190 Å². The molecule has 6 nitrogen and oxygen atoms in total. The molecule has 1 fully saturated rings. The standard InChI is InChI=1S/C26H33N5O/c1-17-13-18(2)15-19(14-17)16-27-25(32)20-9-11-21(12-10-20)28-26-29-23-8-6-5-7-22(23)24(30-26)31(3)4/h5-8,13-15,20-21H,9-12,16H2,1-4H3,(H,27,32)(H,28,29,30)/t20-,21+. The number of carbonyl (C=O) groups excluding carboxylic acids is 1. The number of benzene rings is 2. The topological polar surface area (TPSA) is 70.2 Å². The van der Waals surface area contributed by atoms with Crippen molar-refractivity contribution in [3.63, 3.8) is 0 Å². The van der Waals surface area contributed by atoms with Gasteiger partial charge in [-0.3, -0.25) is 4.79 Å². The molecule has 1 aromatic heterocycles. The van der Waals surface area contributed by atoms with E-state index in [9.17, 15) is 4.79 Å². The predicted molar refractivity (Wildman–Crippen MR) is 131 cm³/mol. The van der Waals surface area contributed by atoms with Gasteiger partial charge in [-0.15, -0.1) is 0 Å². The molecule has 1 aliphatic rings. The number of aromatic nitrogens is 2. The number of aryl methyl sites for hydroxylation is 2. The van der Waals surface area contributed by atoms with Gasteiger partial charge in [0.15, 0.2) is 0 Å². The molecule has 6 heteroatoms. The van der Waals surface area contributed by atoms with Gasteiger partial charge in [0.25, 0.3) is 0 Å². The zero-order chi connectivity index (χ0) is 22.7. The summed E-state index contributed by atoms with van der Waals surface area (Å²) in [6, 6.07) is 14.8. The van der Waals surface area contributed by atoms with Gasteiger partial charge in [-0.1, -0.05) is 41.5 Å². The maximum Gasteiger partial charge on any atom is 0.225 e. The van der Waals surface area contributed by atoms with E-state index in [-0.39, 0.29) is 17.9 Å². The minimum absolute atomic E-state index is 0.0776. The van der Waals surface area contributed by atoms with Crippen molar-refractivity contribution < 1.29 is 4.79 Å². The third-order valence-electron chi connectivity index (χ3n) is 6.19. The van der Waals surface area contributed by atoms with Crippen molar-refractivity contribution in [1.29, 1.82) is 0 Å². The SMILES string of the molecule is Cc1cc(C)cc(CNC(=O)[C@H]2CC[C@@H](Nc3nc(N(C)C)c4ccccc4n3)CC2)c1. The molecule has 1 heterocycles. The van der Waals surface area contributed by atoms with Crippen molar-refractivity contribution in [2.24, 2.45) is 5.92 Å². The summed E-state index contributed by atoms with van der Waals surface area (Å²) >= 11 is 0. The molecule has 2 N–H and O–H groups in total. The summed E-state index contributed by atoms with van der Waals surface area (Å²) in [5.41, 5.74) is 4.56. The molecule has 1 aliphatic carbocycles. The molecule has 32 heavy (non-hydrogen) atoms. The van der Waals surface area contributed by atoms with Crippen LogP contribution in [0.15, 0.2) is 42.5 Å². The highest BCUT2D eigenvalue weighted by Gasteiger charge is 2.26. The van der Waals surface area contributed by atoms with Crippen molar-refractivity contribution >= 4 is 28.6 Å². The number of rotatable bonds is 6. The molecule has 0 radical (unpaired) electrons. The Hall–Kier alpha value is -3.15. The van der Waals surface area contributed by atoms with Crippen molar-refractivity contribution in [1.82, 2.24) is 15.3 Å². The summed E-state index contributed by atoms with van der Waals surface area (Å²) in [6.07, 6.45) is 3.64. The van der Waals surface area contributed by atoms with Crippen molar-refractivity contribution in [2.75, 3.05) is 24.3 Å². The van der Waals surface area contributed by atoms with Crippen LogP contribution >= 0.6 is 0 Å². The monoisotopic (exact) mass is 431 g/mol. The summed E-state index contributed by atoms with van der Waals surface area (Å²) in [7, 11) is 4.00. The minimum Gasteiger partial charge on any atom is -0.362 e. The predicted octanol–water partition coefficient (Wildman–Crippen LogP) is 4.60. The highest BCUT2D eigenvalue weighted by molar-refractivity contribution is 5.90. The number of carbonyl (C=O) groups is 1. The molecular formula is C26H33N5O. The highest BCUT2D eigenvalue weighted by Crippen LogP contribution is 2.28. The zero-order valence-electron chi connectivity index (χ0n) is 19.5. The number of hydrogen-bond donors (Lipinski definition) is 2. The van der Waals surface area contributed by atoms with Crippen LogP contribution in [0.5, 0.6) is 0 Å². The van der Waals surface area contributed by atoms with E-state index in [4.69, 9.17) is 9.97 Å². The van der Waals surface area contributed by atoms with Gasteiger partial charge in [-0.05, 0) is 57.2 Å². The summed E-state index contributed by atoms with van der Waals surface area (Å²) < 4.78 is 0. The maximum absolute atomic E-state index is 12.7. The van der Waals surface area contributed by atoms with Gasteiger partial charge in [0.2, 0.25) is 11.9 Å². The van der Waals surface area contributed by atoms with Crippen molar-refractivity contribution in [2.45, 2.75) is 52.1 Å². The van der Waals surface area contributed by atoms with Crippen molar-refractivity contribution in [3.05, 3.63) is 59.2 Å². The quantitative estimate of drug-likeness (QED) is 0.597. The van der Waals surface area contributed by atoms with E-state index in [1.165, 1.54) is 11.1 Å². The zero-order valence-corrected chi connectivity index (χ0v) is 19.5. The van der Waals surface area contributed by atoms with Crippen LogP contribution < -0.4 is 15.5 Å². The minimum atomic E-state index is 0.0776. The van der Waals surface area contributed by atoms with Gasteiger partial charge in [-0.25, -0.2) is 4.98 Å². The number of nitrogens with one attached hydrogen (secondary N) is 2. The normalized spacial score (nSPS) is 18.4. The second-order valence-corrected chi connectivity index (χ2v) is 9.19. The second kappa shape index (κ2) is 9.55. The molecule has 0 atom stereocenters. The molecule has 168 valence electrons. The van der Waals surface area contributed by atoms with E-state index in [0.717, 1.165) is 48.0 Å². The van der Waals surface area contributed by atoms with Gasteiger partial charge in [0.05, 0.1) is 5.52 Å². The van der Waals surface area contributed by atoms with E-state index < -0.39 is 0 Å². The molecule has 4 rings (SSSR count). The summed E-state index contributed by atoms with van der Waals surface area (Å²) in [5, 5.41) is 7.70. The van der Waals surface area contributed by atoms with Crippen LogP contribution in [0.1, 0.15) is 42.4 Å². The number of para-hydroxylation sites is 1. The van der Waals surface area contributed by atoms with Crippen LogP contribution in [0, 0.1) is 19.8 Å². The molecule has 0 unspecified atom stereocenters. The van der Waals surface area contributed by atoms with Crippen LogP contribution in [0.25, 0.3) is 10.9 Å². The largest absolute Gasteiger partial charge is 0.362 e. The Balaban J connectivity index is 1.33. The van der Waals surface area contributed by atoms with Crippen LogP contribution in [-0.4, -0.2) is 36.0 Å². The Bertz CT molecular complexity index is 1080. The van der Waals surface area contributed by atoms with Gasteiger partial charge in [0.1, 0.15) is 5.82 Å². The van der Waals surface area contributed by atoms with Crippen LogP contribution in [0.3, 0.4) is 0 Å². The number of amides is 1. The lowest BCUT2D eigenvalue weighted by atomic mass is 9.85. The first-order chi connectivity index (χ1) is 15.4. The number of anilines is 2. The van der Waals surface area contributed by atoms with E-state index in [0.29, 0.717) is 12.5 Å². The van der Waals surface area contributed by atoms with Crippen molar-refractivity contribution in [3.8, 4) is 0 Å². The molecular weight excluding hydrogens is 398 g/mol. The average Bonchev–Trinajstić information content (AvgIpc) is 2.76. The van der Waals surface area contributed by atoms with E-state index in [2.05, 4.69) is 48.7 Å². The van der Waals surface area contributed by atoms with Gasteiger partial charge < -0.3 is 15.5 Å². The molecule has 0 aliphatic heterocycles. The molecule has 1 amide bonds. The van der Waals surface area contributed by atoms with Gasteiger partial charge in [-0.2, -0.15) is 4.98 Å². The molecule has 2 aromatic carbocycles. The summed E-state index contributed by atoms with van der Waals surface area (Å²) in [4.78, 5) is 24.2. The van der Waals surface area contributed by atoms with E-state index in [1.807, 2.05) is 37.2 Å². The second-order valence-electron chi connectivity index (χ2n) is 9.19. The third kappa shape index (κ3) is 5.18. The summed E-state index contributed by atoms with van der Waals surface area (Å²) in [6.45, 7) is 4.78. The van der Waals surface area contributed by atoms with Crippen LogP contribution in [-0.2, 0) is 11.3 Å². The molecule has 0 spiro atoms. The van der Waals surface area contributed by atoms with E-state index in [1.54, 1.807) is 0 Å². The Morgan fingerprint density at radius 1 is 1.00 bits per heavy atom. The van der Waals surface area contributed by atoms with Crippen LogP contribution in [0.2, 0.25) is 0 Å². The Morgan fingerprint density at radius 2 is 1.69 bits per heavy atom. The highest BCUT2D eigenvalue weighted by atomic mass is 16.1. The first-order valence-corrected chi connectivity index (χ1v) is 11.4. The molecule has 3 aromatic rings.